The van der Waals surface area contributed by atoms with Crippen LogP contribution in [0.2, 0.25) is 0 Å². The van der Waals surface area contributed by atoms with Crippen LogP contribution in [0.3, 0.4) is 0 Å². The highest BCUT2D eigenvalue weighted by molar-refractivity contribution is 9.10. The first-order chi connectivity index (χ1) is 7.24. The van der Waals surface area contributed by atoms with Gasteiger partial charge in [0, 0.05) is 21.5 Å². The van der Waals surface area contributed by atoms with Crippen LogP contribution in [-0.4, -0.2) is 5.75 Å². The number of hydrogen-bond acceptors (Lipinski definition) is 3. The molecule has 2 N–H and O–H groups in total. The normalized spacial score (nSPS) is 9.87. The van der Waals surface area contributed by atoms with Gasteiger partial charge in [0.2, 0.25) is 0 Å². The average molecular weight is 285 g/mol. The third-order valence-electron chi connectivity index (χ3n) is 1.92. The molecule has 0 aliphatic rings. The number of anilines is 1. The zero-order valence-electron chi connectivity index (χ0n) is 8.37. The fraction of sp³-hybridized carbons (Fsp3) is 0.364. The summed E-state index contributed by atoms with van der Waals surface area (Å²) in [7, 11) is 0. The Balaban J connectivity index is 2.37. The third-order valence-corrected chi connectivity index (χ3v) is 3.57. The Kier molecular flexibility index (Phi) is 5.59. The van der Waals surface area contributed by atoms with Crippen LogP contribution in [0.15, 0.2) is 27.6 Å². The molecule has 0 heterocycles. The maximum absolute atomic E-state index is 8.38. The minimum absolute atomic E-state index is 0.647. The van der Waals surface area contributed by atoms with E-state index in [1.165, 1.54) is 0 Å². The van der Waals surface area contributed by atoms with E-state index in [4.69, 9.17) is 11.0 Å². The van der Waals surface area contributed by atoms with E-state index in [1.54, 1.807) is 11.8 Å². The molecule has 0 bridgehead atoms. The molecular weight excluding hydrogens is 272 g/mol. The largest absolute Gasteiger partial charge is 0.398 e. The van der Waals surface area contributed by atoms with Crippen molar-refractivity contribution in [2.24, 2.45) is 0 Å². The molecule has 0 spiro atoms. The molecule has 0 aliphatic heterocycles. The van der Waals surface area contributed by atoms with Gasteiger partial charge < -0.3 is 5.73 Å². The molecule has 0 amide bonds. The van der Waals surface area contributed by atoms with Gasteiger partial charge in [0.1, 0.15) is 0 Å². The molecule has 1 aromatic rings. The van der Waals surface area contributed by atoms with E-state index in [2.05, 4.69) is 22.0 Å². The van der Waals surface area contributed by atoms with Crippen molar-refractivity contribution >= 4 is 33.4 Å². The molecule has 0 aromatic heterocycles. The summed E-state index contributed by atoms with van der Waals surface area (Å²) in [5.74, 6) is 1.02. The van der Waals surface area contributed by atoms with Gasteiger partial charge in [0.05, 0.1) is 6.07 Å². The number of nitrogens with zero attached hydrogens (tertiary/aromatic N) is 1. The zero-order chi connectivity index (χ0) is 11.1. The minimum atomic E-state index is 0.647. The number of unbranched alkanes of at least 4 members (excludes halogenated alkanes) is 2. The predicted octanol–water partition coefficient (Wildman–Crippen LogP) is 3.82. The molecule has 80 valence electrons. The van der Waals surface area contributed by atoms with Gasteiger partial charge in [-0.1, -0.05) is 15.9 Å². The predicted molar refractivity (Wildman–Crippen MR) is 68.7 cm³/mol. The highest BCUT2D eigenvalue weighted by atomic mass is 79.9. The Bertz CT molecular complexity index is 360. The van der Waals surface area contributed by atoms with Gasteiger partial charge in [-0.05, 0) is 36.8 Å². The fourth-order valence-corrected chi connectivity index (χ4v) is 2.65. The summed E-state index contributed by atoms with van der Waals surface area (Å²) in [6.07, 6.45) is 2.68. The molecule has 0 fully saturated rings. The van der Waals surface area contributed by atoms with Crippen molar-refractivity contribution in [1.29, 1.82) is 5.26 Å². The Morgan fingerprint density at radius 3 is 2.93 bits per heavy atom. The number of hydrogen-bond donors (Lipinski definition) is 1. The smallest absolute Gasteiger partial charge is 0.0621 e. The highest BCUT2D eigenvalue weighted by Gasteiger charge is 2.00. The summed E-state index contributed by atoms with van der Waals surface area (Å²) in [5.41, 5.74) is 6.66. The molecule has 0 saturated heterocycles. The second kappa shape index (κ2) is 6.76. The fourth-order valence-electron chi connectivity index (χ4n) is 1.12. The summed E-state index contributed by atoms with van der Waals surface area (Å²) >= 11 is 5.17. The SMILES string of the molecule is N#CCCCCSc1cc(Br)ccc1N. The van der Waals surface area contributed by atoms with Gasteiger partial charge in [-0.25, -0.2) is 0 Å². The number of thioether (sulfide) groups is 1. The summed E-state index contributed by atoms with van der Waals surface area (Å²) in [6.45, 7) is 0. The Labute approximate surface area is 103 Å². The van der Waals surface area contributed by atoms with Gasteiger partial charge in [-0.3, -0.25) is 0 Å². The van der Waals surface area contributed by atoms with E-state index in [0.717, 1.165) is 33.7 Å². The topological polar surface area (TPSA) is 49.8 Å². The lowest BCUT2D eigenvalue weighted by Crippen LogP contribution is -1.89. The molecule has 0 atom stereocenters. The number of nitrogens with two attached hydrogens (primary N) is 1. The molecule has 0 saturated carbocycles. The lowest BCUT2D eigenvalue weighted by atomic mass is 10.3. The van der Waals surface area contributed by atoms with Crippen LogP contribution in [-0.2, 0) is 0 Å². The molecule has 0 unspecified atom stereocenters. The quantitative estimate of drug-likeness (QED) is 0.508. The summed E-state index contributed by atoms with van der Waals surface area (Å²) in [6, 6.07) is 8.02. The van der Waals surface area contributed by atoms with Crippen molar-refractivity contribution in [2.45, 2.75) is 24.2 Å². The Morgan fingerprint density at radius 2 is 2.20 bits per heavy atom. The van der Waals surface area contributed by atoms with Crippen molar-refractivity contribution in [3.63, 3.8) is 0 Å². The van der Waals surface area contributed by atoms with Crippen LogP contribution < -0.4 is 5.73 Å². The van der Waals surface area contributed by atoms with Crippen LogP contribution in [0.4, 0.5) is 5.69 Å². The van der Waals surface area contributed by atoms with Gasteiger partial charge >= 0.3 is 0 Å². The molecular formula is C11H13BrN2S. The maximum Gasteiger partial charge on any atom is 0.0621 e. The summed E-state index contributed by atoms with van der Waals surface area (Å²) < 4.78 is 1.05. The first kappa shape index (κ1) is 12.4. The molecule has 0 aliphatic carbocycles. The molecule has 15 heavy (non-hydrogen) atoms. The molecule has 0 radical (unpaired) electrons. The third kappa shape index (κ3) is 4.59. The summed E-state index contributed by atoms with van der Waals surface area (Å²) in [5, 5.41) is 8.38. The average Bonchev–Trinajstić information content (AvgIpc) is 2.23. The minimum Gasteiger partial charge on any atom is -0.398 e. The first-order valence-electron chi connectivity index (χ1n) is 4.79. The van der Waals surface area contributed by atoms with E-state index in [-0.39, 0.29) is 0 Å². The van der Waals surface area contributed by atoms with Crippen LogP contribution in [0.5, 0.6) is 0 Å². The van der Waals surface area contributed by atoms with Crippen LogP contribution >= 0.6 is 27.7 Å². The monoisotopic (exact) mass is 284 g/mol. The van der Waals surface area contributed by atoms with Crippen molar-refractivity contribution < 1.29 is 0 Å². The van der Waals surface area contributed by atoms with Crippen molar-refractivity contribution in [1.82, 2.24) is 0 Å². The molecule has 1 rings (SSSR count). The Morgan fingerprint density at radius 1 is 1.40 bits per heavy atom. The van der Waals surface area contributed by atoms with Crippen LogP contribution in [0.25, 0.3) is 0 Å². The number of rotatable bonds is 5. The molecule has 1 aromatic carbocycles. The van der Waals surface area contributed by atoms with Crippen molar-refractivity contribution in [3.05, 3.63) is 22.7 Å². The van der Waals surface area contributed by atoms with E-state index < -0.39 is 0 Å². The van der Waals surface area contributed by atoms with E-state index in [9.17, 15) is 0 Å². The van der Waals surface area contributed by atoms with Gasteiger partial charge in [0.15, 0.2) is 0 Å². The lowest BCUT2D eigenvalue weighted by molar-refractivity contribution is 0.830. The van der Waals surface area contributed by atoms with E-state index >= 15 is 0 Å². The van der Waals surface area contributed by atoms with E-state index in [1.807, 2.05) is 18.2 Å². The van der Waals surface area contributed by atoms with Crippen molar-refractivity contribution in [2.75, 3.05) is 11.5 Å². The van der Waals surface area contributed by atoms with Gasteiger partial charge in [-0.2, -0.15) is 5.26 Å². The lowest BCUT2D eigenvalue weighted by Gasteiger charge is -2.05. The number of nitriles is 1. The molecule has 2 nitrogen and oxygen atoms in total. The number of nitrogen functional groups attached to an aromatic ring is 1. The highest BCUT2D eigenvalue weighted by Crippen LogP contribution is 2.28. The van der Waals surface area contributed by atoms with Gasteiger partial charge in [0.25, 0.3) is 0 Å². The van der Waals surface area contributed by atoms with Gasteiger partial charge in [-0.15, -0.1) is 11.8 Å². The zero-order valence-corrected chi connectivity index (χ0v) is 10.8. The first-order valence-corrected chi connectivity index (χ1v) is 6.56. The summed E-state index contributed by atoms with van der Waals surface area (Å²) in [4.78, 5) is 1.11. The maximum atomic E-state index is 8.38. The number of halogens is 1. The standard InChI is InChI=1S/C11H13BrN2S/c12-9-4-5-10(14)11(8-9)15-7-3-1-2-6-13/h4-5,8H,1-3,7,14H2. The second-order valence-electron chi connectivity index (χ2n) is 3.15. The molecule has 4 heteroatoms. The van der Waals surface area contributed by atoms with E-state index in [0.29, 0.717) is 6.42 Å². The van der Waals surface area contributed by atoms with Crippen molar-refractivity contribution in [3.8, 4) is 6.07 Å². The van der Waals surface area contributed by atoms with Crippen LogP contribution in [0.1, 0.15) is 19.3 Å². The second-order valence-corrected chi connectivity index (χ2v) is 5.20. The number of benzene rings is 1. The van der Waals surface area contributed by atoms with Crippen LogP contribution in [0, 0.1) is 11.3 Å². The Hall–Kier alpha value is -0.660.